The number of hydrogen-bond acceptors (Lipinski definition) is 4. The Bertz CT molecular complexity index is 680. The summed E-state index contributed by atoms with van der Waals surface area (Å²) in [5.74, 6) is -0.485. The Morgan fingerprint density at radius 3 is 2.62 bits per heavy atom. The van der Waals surface area contributed by atoms with Gasteiger partial charge in [-0.3, -0.25) is 4.99 Å². The van der Waals surface area contributed by atoms with E-state index in [1.165, 1.54) is 0 Å². The summed E-state index contributed by atoms with van der Waals surface area (Å²) in [5.41, 5.74) is 3.03. The van der Waals surface area contributed by atoms with Gasteiger partial charge in [-0.2, -0.15) is 0 Å². The van der Waals surface area contributed by atoms with E-state index in [1.807, 2.05) is 54.6 Å². The standard InChI is InChI=1S/C17H16N2O2/c20-17(21)15(10-12-6-2-1-3-7-12)19-16-14-9-5-4-8-13(14)11-18-16/h1-9,15H,10-11H2,(H,18,19)(H,20,21)/p-1. The predicted octanol–water partition coefficient (Wildman–Crippen LogP) is 0.898. The number of benzene rings is 2. The SMILES string of the molecule is O=C([O-])C(Cc1ccccc1)NC1=NCc2ccccc21. The zero-order valence-corrected chi connectivity index (χ0v) is 11.5. The molecule has 1 atom stereocenters. The van der Waals surface area contributed by atoms with Crippen LogP contribution in [0.1, 0.15) is 16.7 Å². The molecule has 106 valence electrons. The molecule has 1 aliphatic rings. The molecule has 0 aliphatic carbocycles. The highest BCUT2D eigenvalue weighted by Gasteiger charge is 2.19. The fourth-order valence-electron chi connectivity index (χ4n) is 2.47. The van der Waals surface area contributed by atoms with Gasteiger partial charge in [0.15, 0.2) is 0 Å². The molecule has 4 heteroatoms. The summed E-state index contributed by atoms with van der Waals surface area (Å²) in [6, 6.07) is 16.5. The average Bonchev–Trinajstić information content (AvgIpc) is 2.91. The molecule has 0 spiro atoms. The molecule has 21 heavy (non-hydrogen) atoms. The van der Waals surface area contributed by atoms with Gasteiger partial charge in [-0.15, -0.1) is 0 Å². The first-order chi connectivity index (χ1) is 10.2. The van der Waals surface area contributed by atoms with Crippen molar-refractivity contribution in [1.82, 2.24) is 5.32 Å². The molecule has 0 amide bonds. The number of carboxylic acid groups (broad SMARTS) is 1. The number of carboxylic acids is 1. The van der Waals surface area contributed by atoms with E-state index in [-0.39, 0.29) is 0 Å². The van der Waals surface area contributed by atoms with Crippen LogP contribution in [0.3, 0.4) is 0 Å². The lowest BCUT2D eigenvalue weighted by molar-refractivity contribution is -0.308. The molecule has 0 saturated carbocycles. The van der Waals surface area contributed by atoms with Crippen LogP contribution >= 0.6 is 0 Å². The summed E-state index contributed by atoms with van der Waals surface area (Å²) >= 11 is 0. The Hall–Kier alpha value is -2.62. The number of nitrogens with one attached hydrogen (secondary N) is 1. The van der Waals surface area contributed by atoms with Crippen molar-refractivity contribution in [2.24, 2.45) is 4.99 Å². The first-order valence-corrected chi connectivity index (χ1v) is 6.88. The summed E-state index contributed by atoms with van der Waals surface area (Å²) in [4.78, 5) is 15.8. The second kappa shape index (κ2) is 5.79. The second-order valence-electron chi connectivity index (χ2n) is 5.03. The predicted molar refractivity (Wildman–Crippen MR) is 78.8 cm³/mol. The maximum atomic E-state index is 11.4. The van der Waals surface area contributed by atoms with Crippen LogP contribution in [0.5, 0.6) is 0 Å². The fraction of sp³-hybridized carbons (Fsp3) is 0.176. The molecule has 2 aromatic rings. The Balaban J connectivity index is 1.77. The van der Waals surface area contributed by atoms with Crippen molar-refractivity contribution in [2.75, 3.05) is 0 Å². The van der Waals surface area contributed by atoms with Gasteiger partial charge in [0, 0.05) is 5.56 Å². The van der Waals surface area contributed by atoms with Crippen LogP contribution in [0, 0.1) is 0 Å². The van der Waals surface area contributed by atoms with Gasteiger partial charge in [-0.05, 0) is 17.5 Å². The third-order valence-electron chi connectivity index (χ3n) is 3.56. The van der Waals surface area contributed by atoms with Gasteiger partial charge in [0.1, 0.15) is 5.84 Å². The van der Waals surface area contributed by atoms with Gasteiger partial charge in [0.25, 0.3) is 0 Å². The summed E-state index contributed by atoms with van der Waals surface area (Å²) in [7, 11) is 0. The molecular weight excluding hydrogens is 264 g/mol. The minimum Gasteiger partial charge on any atom is -0.548 e. The molecule has 0 fully saturated rings. The van der Waals surface area contributed by atoms with E-state index >= 15 is 0 Å². The number of aliphatic imine (C=N–C) groups is 1. The van der Waals surface area contributed by atoms with Crippen LogP contribution < -0.4 is 10.4 Å². The van der Waals surface area contributed by atoms with E-state index in [0.717, 1.165) is 16.7 Å². The third-order valence-corrected chi connectivity index (χ3v) is 3.56. The maximum absolute atomic E-state index is 11.4. The number of rotatable bonds is 4. The highest BCUT2D eigenvalue weighted by Crippen LogP contribution is 2.17. The van der Waals surface area contributed by atoms with Crippen LogP contribution in [0.15, 0.2) is 59.6 Å². The van der Waals surface area contributed by atoms with Gasteiger partial charge in [-0.1, -0.05) is 54.6 Å². The number of fused-ring (bicyclic) bond motifs is 1. The molecule has 3 rings (SSSR count). The molecule has 0 bridgehead atoms. The van der Waals surface area contributed by atoms with Crippen molar-refractivity contribution in [2.45, 2.75) is 19.0 Å². The molecule has 1 aliphatic heterocycles. The van der Waals surface area contributed by atoms with Crippen molar-refractivity contribution in [1.29, 1.82) is 0 Å². The average molecular weight is 279 g/mol. The summed E-state index contributed by atoms with van der Waals surface area (Å²) < 4.78 is 0. The maximum Gasteiger partial charge on any atom is 0.129 e. The molecule has 4 nitrogen and oxygen atoms in total. The Kier molecular flexibility index (Phi) is 3.69. The summed E-state index contributed by atoms with van der Waals surface area (Å²) in [6.07, 6.45) is 0.365. The molecule has 2 aromatic carbocycles. The molecule has 1 heterocycles. The van der Waals surface area contributed by atoms with Crippen LogP contribution in [-0.4, -0.2) is 17.8 Å². The number of amidine groups is 1. The zero-order chi connectivity index (χ0) is 14.7. The van der Waals surface area contributed by atoms with E-state index in [9.17, 15) is 9.90 Å². The van der Waals surface area contributed by atoms with Gasteiger partial charge in [0.2, 0.25) is 0 Å². The highest BCUT2D eigenvalue weighted by atomic mass is 16.4. The second-order valence-corrected chi connectivity index (χ2v) is 5.03. The summed E-state index contributed by atoms with van der Waals surface area (Å²) in [6.45, 7) is 0.587. The lowest BCUT2D eigenvalue weighted by Gasteiger charge is -2.21. The van der Waals surface area contributed by atoms with Crippen molar-refractivity contribution in [3.8, 4) is 0 Å². The van der Waals surface area contributed by atoms with Crippen molar-refractivity contribution < 1.29 is 9.90 Å². The zero-order valence-electron chi connectivity index (χ0n) is 11.5. The number of aliphatic carboxylic acids is 1. The Morgan fingerprint density at radius 2 is 1.86 bits per heavy atom. The van der Waals surface area contributed by atoms with Crippen molar-refractivity contribution in [3.63, 3.8) is 0 Å². The highest BCUT2D eigenvalue weighted by molar-refractivity contribution is 6.03. The minimum atomic E-state index is -1.12. The number of hydrogen-bond donors (Lipinski definition) is 1. The molecule has 0 aromatic heterocycles. The third kappa shape index (κ3) is 2.94. The van der Waals surface area contributed by atoms with E-state index in [2.05, 4.69) is 10.3 Å². The molecular formula is C17H15N2O2-. The van der Waals surface area contributed by atoms with Crippen LogP contribution in [-0.2, 0) is 17.8 Å². The first kappa shape index (κ1) is 13.4. The molecule has 1 N–H and O–H groups in total. The molecule has 1 unspecified atom stereocenters. The van der Waals surface area contributed by atoms with E-state index in [1.54, 1.807) is 0 Å². The lowest BCUT2D eigenvalue weighted by Crippen LogP contribution is -2.49. The van der Waals surface area contributed by atoms with Crippen LogP contribution in [0.2, 0.25) is 0 Å². The van der Waals surface area contributed by atoms with Gasteiger partial charge in [-0.25, -0.2) is 0 Å². The van der Waals surface area contributed by atoms with E-state index in [4.69, 9.17) is 0 Å². The number of carbonyl (C=O) groups excluding carboxylic acids is 1. The van der Waals surface area contributed by atoms with Crippen molar-refractivity contribution in [3.05, 3.63) is 71.3 Å². The quantitative estimate of drug-likeness (QED) is 0.904. The number of carbonyl (C=O) groups is 1. The van der Waals surface area contributed by atoms with Gasteiger partial charge < -0.3 is 15.2 Å². The molecule has 0 radical (unpaired) electrons. The molecule has 0 saturated heterocycles. The van der Waals surface area contributed by atoms with Gasteiger partial charge >= 0.3 is 0 Å². The largest absolute Gasteiger partial charge is 0.548 e. The number of nitrogens with zero attached hydrogens (tertiary/aromatic N) is 1. The fourth-order valence-corrected chi connectivity index (χ4v) is 2.47. The van der Waals surface area contributed by atoms with Crippen LogP contribution in [0.25, 0.3) is 0 Å². The Labute approximate surface area is 123 Å². The van der Waals surface area contributed by atoms with Gasteiger partial charge in [0.05, 0.1) is 18.6 Å². The van der Waals surface area contributed by atoms with E-state index < -0.39 is 12.0 Å². The van der Waals surface area contributed by atoms with Crippen LogP contribution in [0.4, 0.5) is 0 Å². The Morgan fingerprint density at radius 1 is 1.14 bits per heavy atom. The first-order valence-electron chi connectivity index (χ1n) is 6.88. The van der Waals surface area contributed by atoms with Crippen molar-refractivity contribution >= 4 is 11.8 Å². The van der Waals surface area contributed by atoms with E-state index in [0.29, 0.717) is 18.8 Å². The normalized spacial score (nSPS) is 14.2. The smallest absolute Gasteiger partial charge is 0.129 e. The summed E-state index contributed by atoms with van der Waals surface area (Å²) in [5, 5.41) is 14.4. The lowest BCUT2D eigenvalue weighted by atomic mass is 10.0. The topological polar surface area (TPSA) is 64.5 Å². The minimum absolute atomic E-state index is 0.365. The monoisotopic (exact) mass is 279 g/mol.